The predicted molar refractivity (Wildman–Crippen MR) is 80.3 cm³/mol. The Labute approximate surface area is 118 Å². The largest absolute Gasteiger partial charge is 0.366 e. The van der Waals surface area contributed by atoms with Crippen LogP contribution in [0.1, 0.15) is 31.2 Å². The van der Waals surface area contributed by atoms with Gasteiger partial charge in [0.15, 0.2) is 0 Å². The van der Waals surface area contributed by atoms with Crippen LogP contribution in [-0.2, 0) is 0 Å². The van der Waals surface area contributed by atoms with Gasteiger partial charge in [-0.2, -0.15) is 5.26 Å². The van der Waals surface area contributed by atoms with Crippen molar-refractivity contribution in [1.29, 1.82) is 5.26 Å². The summed E-state index contributed by atoms with van der Waals surface area (Å²) in [6.07, 6.45) is 4.15. The van der Waals surface area contributed by atoms with E-state index in [-0.39, 0.29) is 0 Å². The van der Waals surface area contributed by atoms with E-state index in [4.69, 9.17) is 5.73 Å². The molecule has 0 aliphatic heterocycles. The summed E-state index contributed by atoms with van der Waals surface area (Å²) in [5.41, 5.74) is 7.45. The SMILES string of the molecule is N#Cc1cc2ccccc2nc1NC1CCC(N)CC1. The second-order valence-corrected chi connectivity index (χ2v) is 5.45. The molecule has 1 aromatic carbocycles. The number of hydrogen-bond donors (Lipinski definition) is 2. The Bertz CT molecular complexity index is 651. The first kappa shape index (κ1) is 12.9. The Morgan fingerprint density at radius 2 is 1.95 bits per heavy atom. The molecule has 1 saturated carbocycles. The van der Waals surface area contributed by atoms with Crippen LogP contribution in [0.25, 0.3) is 10.9 Å². The van der Waals surface area contributed by atoms with Gasteiger partial charge in [0, 0.05) is 17.5 Å². The zero-order valence-electron chi connectivity index (χ0n) is 11.3. The second-order valence-electron chi connectivity index (χ2n) is 5.45. The number of rotatable bonds is 2. The number of benzene rings is 1. The van der Waals surface area contributed by atoms with Crippen molar-refractivity contribution in [3.8, 4) is 6.07 Å². The summed E-state index contributed by atoms with van der Waals surface area (Å²) >= 11 is 0. The quantitative estimate of drug-likeness (QED) is 0.876. The lowest BCUT2D eigenvalue weighted by atomic mass is 9.92. The van der Waals surface area contributed by atoms with Gasteiger partial charge in [-0.1, -0.05) is 18.2 Å². The number of anilines is 1. The molecule has 1 aliphatic carbocycles. The number of pyridine rings is 1. The number of para-hydroxylation sites is 1. The van der Waals surface area contributed by atoms with Crippen LogP contribution in [0.2, 0.25) is 0 Å². The molecule has 1 heterocycles. The fraction of sp³-hybridized carbons (Fsp3) is 0.375. The predicted octanol–water partition coefficient (Wildman–Crippen LogP) is 2.79. The molecule has 3 rings (SSSR count). The van der Waals surface area contributed by atoms with E-state index in [0.29, 0.717) is 23.5 Å². The van der Waals surface area contributed by atoms with Gasteiger partial charge < -0.3 is 11.1 Å². The summed E-state index contributed by atoms with van der Waals surface area (Å²) in [7, 11) is 0. The third kappa shape index (κ3) is 2.59. The van der Waals surface area contributed by atoms with Crippen LogP contribution in [0.3, 0.4) is 0 Å². The smallest absolute Gasteiger partial charge is 0.144 e. The minimum Gasteiger partial charge on any atom is -0.366 e. The number of nitrogens with one attached hydrogen (secondary N) is 1. The van der Waals surface area contributed by atoms with E-state index in [0.717, 1.165) is 36.6 Å². The monoisotopic (exact) mass is 266 g/mol. The van der Waals surface area contributed by atoms with Gasteiger partial charge in [0.1, 0.15) is 11.9 Å². The van der Waals surface area contributed by atoms with Crippen molar-refractivity contribution in [3.63, 3.8) is 0 Å². The Kier molecular flexibility index (Phi) is 3.53. The van der Waals surface area contributed by atoms with Crippen LogP contribution in [-0.4, -0.2) is 17.1 Å². The van der Waals surface area contributed by atoms with Crippen LogP contribution >= 0.6 is 0 Å². The molecule has 0 bridgehead atoms. The first-order chi connectivity index (χ1) is 9.76. The molecule has 1 aromatic heterocycles. The molecule has 0 atom stereocenters. The van der Waals surface area contributed by atoms with Crippen LogP contribution in [0.15, 0.2) is 30.3 Å². The number of aromatic nitrogens is 1. The molecule has 2 aromatic rings. The molecule has 4 heteroatoms. The summed E-state index contributed by atoms with van der Waals surface area (Å²) in [4.78, 5) is 4.59. The highest BCUT2D eigenvalue weighted by molar-refractivity contribution is 5.82. The van der Waals surface area contributed by atoms with Crippen LogP contribution in [0, 0.1) is 11.3 Å². The third-order valence-electron chi connectivity index (χ3n) is 3.96. The normalized spacial score (nSPS) is 22.4. The van der Waals surface area contributed by atoms with Crippen molar-refractivity contribution < 1.29 is 0 Å². The van der Waals surface area contributed by atoms with E-state index in [1.807, 2.05) is 30.3 Å². The number of nitrogens with zero attached hydrogens (tertiary/aromatic N) is 2. The van der Waals surface area contributed by atoms with E-state index in [9.17, 15) is 5.26 Å². The summed E-state index contributed by atoms with van der Waals surface area (Å²) in [6.45, 7) is 0. The van der Waals surface area contributed by atoms with E-state index in [1.165, 1.54) is 0 Å². The van der Waals surface area contributed by atoms with Gasteiger partial charge in [-0.15, -0.1) is 0 Å². The fourth-order valence-electron chi connectivity index (χ4n) is 2.77. The van der Waals surface area contributed by atoms with Crippen molar-refractivity contribution in [1.82, 2.24) is 4.98 Å². The van der Waals surface area contributed by atoms with Gasteiger partial charge in [-0.05, 0) is 37.8 Å². The van der Waals surface area contributed by atoms with Gasteiger partial charge in [-0.3, -0.25) is 0 Å². The second kappa shape index (κ2) is 5.48. The lowest BCUT2D eigenvalue weighted by molar-refractivity contribution is 0.410. The van der Waals surface area contributed by atoms with Crippen LogP contribution < -0.4 is 11.1 Å². The maximum absolute atomic E-state index is 9.30. The van der Waals surface area contributed by atoms with Gasteiger partial charge >= 0.3 is 0 Å². The molecule has 0 radical (unpaired) electrons. The molecular formula is C16H18N4. The molecule has 20 heavy (non-hydrogen) atoms. The van der Waals surface area contributed by atoms with E-state index >= 15 is 0 Å². The van der Waals surface area contributed by atoms with Crippen molar-refractivity contribution >= 4 is 16.7 Å². The van der Waals surface area contributed by atoms with Crippen molar-refractivity contribution in [3.05, 3.63) is 35.9 Å². The summed E-state index contributed by atoms with van der Waals surface area (Å²) in [5, 5.41) is 13.7. The van der Waals surface area contributed by atoms with Gasteiger partial charge in [-0.25, -0.2) is 4.98 Å². The molecule has 1 fully saturated rings. The zero-order valence-corrected chi connectivity index (χ0v) is 11.3. The Morgan fingerprint density at radius 3 is 2.70 bits per heavy atom. The topological polar surface area (TPSA) is 74.7 Å². The minimum absolute atomic E-state index is 0.327. The van der Waals surface area contributed by atoms with Crippen LogP contribution in [0.4, 0.5) is 5.82 Å². The molecule has 0 unspecified atom stereocenters. The number of hydrogen-bond acceptors (Lipinski definition) is 4. The molecule has 3 N–H and O–H groups in total. The highest BCUT2D eigenvalue weighted by atomic mass is 15.0. The van der Waals surface area contributed by atoms with Gasteiger partial charge in [0.25, 0.3) is 0 Å². The molecule has 1 aliphatic rings. The molecule has 102 valence electrons. The Hall–Kier alpha value is -2.12. The average molecular weight is 266 g/mol. The Balaban J connectivity index is 1.88. The molecule has 0 saturated heterocycles. The highest BCUT2D eigenvalue weighted by Gasteiger charge is 2.19. The minimum atomic E-state index is 0.327. The third-order valence-corrected chi connectivity index (χ3v) is 3.96. The lowest BCUT2D eigenvalue weighted by Gasteiger charge is -2.27. The maximum Gasteiger partial charge on any atom is 0.144 e. The van der Waals surface area contributed by atoms with Crippen molar-refractivity contribution in [2.75, 3.05) is 5.32 Å². The standard InChI is InChI=1S/C16H18N4/c17-10-12-9-11-3-1-2-4-15(11)20-16(12)19-14-7-5-13(18)6-8-14/h1-4,9,13-14H,5-8,18H2,(H,19,20). The maximum atomic E-state index is 9.30. The molecular weight excluding hydrogens is 248 g/mol. The summed E-state index contributed by atoms with van der Waals surface area (Å²) in [5.74, 6) is 0.701. The van der Waals surface area contributed by atoms with Crippen LogP contribution in [0.5, 0.6) is 0 Å². The Morgan fingerprint density at radius 1 is 1.20 bits per heavy atom. The zero-order chi connectivity index (χ0) is 13.9. The van der Waals surface area contributed by atoms with E-state index in [1.54, 1.807) is 0 Å². The molecule has 4 nitrogen and oxygen atoms in total. The summed E-state index contributed by atoms with van der Waals surface area (Å²) in [6, 6.07) is 12.7. The number of nitriles is 1. The first-order valence-corrected chi connectivity index (χ1v) is 7.08. The van der Waals surface area contributed by atoms with E-state index in [2.05, 4.69) is 16.4 Å². The number of nitrogens with two attached hydrogens (primary N) is 1. The van der Waals surface area contributed by atoms with Gasteiger partial charge in [0.2, 0.25) is 0 Å². The van der Waals surface area contributed by atoms with E-state index < -0.39 is 0 Å². The average Bonchev–Trinajstić information content (AvgIpc) is 2.49. The fourth-order valence-corrected chi connectivity index (χ4v) is 2.77. The lowest BCUT2D eigenvalue weighted by Crippen LogP contribution is -2.33. The van der Waals surface area contributed by atoms with Crippen molar-refractivity contribution in [2.24, 2.45) is 5.73 Å². The summed E-state index contributed by atoms with van der Waals surface area (Å²) < 4.78 is 0. The highest BCUT2D eigenvalue weighted by Crippen LogP contribution is 2.24. The number of fused-ring (bicyclic) bond motifs is 1. The first-order valence-electron chi connectivity index (χ1n) is 7.08. The van der Waals surface area contributed by atoms with Gasteiger partial charge in [0.05, 0.1) is 11.1 Å². The van der Waals surface area contributed by atoms with Crippen molar-refractivity contribution in [2.45, 2.75) is 37.8 Å². The molecule has 0 amide bonds. The molecule has 0 spiro atoms.